The summed E-state index contributed by atoms with van der Waals surface area (Å²) in [7, 11) is 0. The Balaban J connectivity index is 1.19. The van der Waals surface area contributed by atoms with Crippen molar-refractivity contribution in [3.05, 3.63) is 176 Å². The van der Waals surface area contributed by atoms with Gasteiger partial charge in [-0.1, -0.05) is 145 Å². The summed E-state index contributed by atoms with van der Waals surface area (Å²) in [6, 6.07) is 45.6. The van der Waals surface area contributed by atoms with Gasteiger partial charge in [0.15, 0.2) is 0 Å². The van der Waals surface area contributed by atoms with Crippen molar-refractivity contribution in [1.82, 2.24) is 14.5 Å². The average Bonchev–Trinajstić information content (AvgIpc) is 3.54. The predicted molar refractivity (Wildman–Crippen MR) is 196 cm³/mol. The highest BCUT2D eigenvalue weighted by Gasteiger charge is 2.18. The monoisotopic (exact) mass is 604 g/mol. The van der Waals surface area contributed by atoms with Gasteiger partial charge in [0.1, 0.15) is 0 Å². The van der Waals surface area contributed by atoms with Gasteiger partial charge in [-0.25, -0.2) is 9.97 Å². The average molecular weight is 605 g/mol. The minimum absolute atomic E-state index is 0.169. The molecule has 3 heteroatoms. The van der Waals surface area contributed by atoms with Gasteiger partial charge in [0.25, 0.3) is 0 Å². The molecule has 0 aliphatic carbocycles. The first-order valence-corrected chi connectivity index (χ1v) is 15.5. The minimum Gasteiger partial charge on any atom is -0.277 e. The van der Waals surface area contributed by atoms with Gasteiger partial charge >= 0.3 is 0 Å². The highest BCUT2D eigenvalue weighted by molar-refractivity contribution is 6.19. The van der Waals surface area contributed by atoms with Gasteiger partial charge in [-0.05, 0) is 63.0 Å². The fourth-order valence-corrected chi connectivity index (χ4v) is 6.50. The molecule has 0 saturated heterocycles. The van der Waals surface area contributed by atoms with E-state index in [9.17, 15) is 0 Å². The maximum atomic E-state index is 8.61. The molecule has 9 aromatic rings. The standard InChI is InChI=1S/C44H29N3/c1-3-10-30(11-4-1)32-18-20-33(21-19-32)35-15-9-16-37(28-35)41-26-27-45-44(46-41)47-42-25-23-36(31-12-5-2-6-13-31)29-40(42)39-24-22-34-14-7-8-17-38(34)43(39)47/h1-29H/i2D,5D,6D,12D,13D. The summed E-state index contributed by atoms with van der Waals surface area (Å²) in [6.45, 7) is 0. The number of rotatable bonds is 5. The molecule has 2 aromatic heterocycles. The third-order valence-electron chi connectivity index (χ3n) is 8.77. The van der Waals surface area contributed by atoms with E-state index >= 15 is 0 Å². The Kier molecular flexibility index (Phi) is 5.32. The van der Waals surface area contributed by atoms with Crippen LogP contribution in [0.2, 0.25) is 0 Å². The number of nitrogens with zero attached hydrogens (tertiary/aromatic N) is 3. The minimum atomic E-state index is -0.411. The Morgan fingerprint density at radius 3 is 2.00 bits per heavy atom. The quantitative estimate of drug-likeness (QED) is 0.196. The number of aromatic nitrogens is 3. The van der Waals surface area contributed by atoms with Crippen molar-refractivity contribution in [1.29, 1.82) is 0 Å². The van der Waals surface area contributed by atoms with E-state index < -0.39 is 6.04 Å². The van der Waals surface area contributed by atoms with Crippen LogP contribution in [-0.2, 0) is 0 Å². The topological polar surface area (TPSA) is 30.7 Å². The van der Waals surface area contributed by atoms with Crippen LogP contribution in [0.1, 0.15) is 6.85 Å². The normalized spacial score (nSPS) is 12.9. The fourth-order valence-electron chi connectivity index (χ4n) is 6.50. The first-order chi connectivity index (χ1) is 25.4. The molecule has 9 rings (SSSR count). The zero-order valence-corrected chi connectivity index (χ0v) is 25.2. The Labute approximate surface area is 280 Å². The SMILES string of the molecule is [2H]c1c([2H])c([2H])c(-c2ccc3c(c2)c2ccc4ccccc4c2n3-c2nccc(-c3cccc(-c4ccc(-c5ccccc5)cc4)c3)n2)c([2H])c1[2H]. The van der Waals surface area contributed by atoms with Crippen molar-refractivity contribution in [2.75, 3.05) is 0 Å². The Morgan fingerprint density at radius 2 is 1.15 bits per heavy atom. The zero-order valence-electron chi connectivity index (χ0n) is 30.2. The number of hydrogen-bond acceptors (Lipinski definition) is 2. The van der Waals surface area contributed by atoms with Gasteiger partial charge in [0.2, 0.25) is 5.95 Å². The fraction of sp³-hybridized carbons (Fsp3) is 0. The number of benzene rings is 7. The smallest absolute Gasteiger partial charge is 0.235 e. The third-order valence-corrected chi connectivity index (χ3v) is 8.77. The molecular weight excluding hydrogens is 571 g/mol. The summed E-state index contributed by atoms with van der Waals surface area (Å²) >= 11 is 0. The molecule has 220 valence electrons. The van der Waals surface area contributed by atoms with E-state index in [2.05, 4.69) is 83.4 Å². The van der Waals surface area contributed by atoms with Crippen molar-refractivity contribution in [2.24, 2.45) is 0 Å². The molecule has 2 heterocycles. The van der Waals surface area contributed by atoms with Crippen molar-refractivity contribution in [2.45, 2.75) is 0 Å². The van der Waals surface area contributed by atoms with E-state index in [4.69, 9.17) is 16.8 Å². The Hall–Kier alpha value is -6.32. The second-order valence-electron chi connectivity index (χ2n) is 11.5. The summed E-state index contributed by atoms with van der Waals surface area (Å²) in [5, 5.41) is 3.89. The van der Waals surface area contributed by atoms with Crippen molar-refractivity contribution < 1.29 is 6.85 Å². The molecule has 0 atom stereocenters. The van der Waals surface area contributed by atoms with Crippen LogP contribution in [0.5, 0.6) is 0 Å². The largest absolute Gasteiger partial charge is 0.277 e. The highest BCUT2D eigenvalue weighted by atomic mass is 15.2. The molecule has 0 aliphatic heterocycles. The van der Waals surface area contributed by atoms with Crippen molar-refractivity contribution in [3.8, 4) is 50.6 Å². The van der Waals surface area contributed by atoms with Gasteiger partial charge in [0, 0.05) is 27.9 Å². The second kappa shape index (κ2) is 11.2. The number of fused-ring (bicyclic) bond motifs is 5. The molecule has 0 saturated carbocycles. The first-order valence-electron chi connectivity index (χ1n) is 18.0. The van der Waals surface area contributed by atoms with Crippen molar-refractivity contribution >= 4 is 32.6 Å². The molecule has 0 bridgehead atoms. The molecule has 0 fully saturated rings. The molecule has 0 aliphatic rings. The molecule has 7 aromatic carbocycles. The van der Waals surface area contributed by atoms with Crippen LogP contribution in [0.3, 0.4) is 0 Å². The molecule has 0 spiro atoms. The van der Waals surface area contributed by atoms with E-state index in [1.165, 1.54) is 11.1 Å². The van der Waals surface area contributed by atoms with E-state index in [1.807, 2.05) is 60.7 Å². The van der Waals surface area contributed by atoms with Crippen LogP contribution in [0.4, 0.5) is 0 Å². The molecular formula is C44H29N3. The summed E-state index contributed by atoms with van der Waals surface area (Å²) in [6.07, 6.45) is 1.78. The summed E-state index contributed by atoms with van der Waals surface area (Å²) in [4.78, 5) is 9.94. The molecule has 0 unspecified atom stereocenters. The van der Waals surface area contributed by atoms with Gasteiger partial charge in [0.05, 0.1) is 23.6 Å². The predicted octanol–water partition coefficient (Wildman–Crippen LogP) is 11.4. The van der Waals surface area contributed by atoms with Gasteiger partial charge < -0.3 is 0 Å². The lowest BCUT2D eigenvalue weighted by Gasteiger charge is -2.11. The van der Waals surface area contributed by atoms with Crippen LogP contribution < -0.4 is 0 Å². The zero-order chi connectivity index (χ0) is 35.5. The molecule has 0 N–H and O–H groups in total. The van der Waals surface area contributed by atoms with Crippen molar-refractivity contribution in [3.63, 3.8) is 0 Å². The highest BCUT2D eigenvalue weighted by Crippen LogP contribution is 2.38. The summed E-state index contributed by atoms with van der Waals surface area (Å²) in [5.41, 5.74) is 8.76. The second-order valence-corrected chi connectivity index (χ2v) is 11.5. The maximum Gasteiger partial charge on any atom is 0.235 e. The molecule has 3 nitrogen and oxygen atoms in total. The molecule has 0 amide bonds. The lowest BCUT2D eigenvalue weighted by Crippen LogP contribution is -2.02. The van der Waals surface area contributed by atoms with Gasteiger partial charge in [-0.2, -0.15) is 0 Å². The lowest BCUT2D eigenvalue weighted by molar-refractivity contribution is 0.994. The lowest BCUT2D eigenvalue weighted by atomic mass is 9.98. The van der Waals surface area contributed by atoms with Crippen LogP contribution in [0, 0.1) is 0 Å². The third kappa shape index (κ3) is 4.77. The van der Waals surface area contributed by atoms with Crippen LogP contribution >= 0.6 is 0 Å². The molecule has 0 radical (unpaired) electrons. The summed E-state index contributed by atoms with van der Waals surface area (Å²) < 4.78 is 43.9. The van der Waals surface area contributed by atoms with E-state index in [-0.39, 0.29) is 29.7 Å². The Bertz CT molecular complexity index is 2820. The van der Waals surface area contributed by atoms with E-state index in [1.54, 1.807) is 6.20 Å². The Morgan fingerprint density at radius 1 is 0.468 bits per heavy atom. The van der Waals surface area contributed by atoms with Crippen LogP contribution in [0.15, 0.2) is 176 Å². The first kappa shape index (κ1) is 22.2. The molecule has 47 heavy (non-hydrogen) atoms. The van der Waals surface area contributed by atoms with Crippen LogP contribution in [0.25, 0.3) is 83.2 Å². The van der Waals surface area contributed by atoms with E-state index in [0.717, 1.165) is 55.0 Å². The summed E-state index contributed by atoms with van der Waals surface area (Å²) in [5.74, 6) is 0.502. The van der Waals surface area contributed by atoms with Crippen LogP contribution in [-0.4, -0.2) is 14.5 Å². The van der Waals surface area contributed by atoms with E-state index in [0.29, 0.717) is 11.5 Å². The van der Waals surface area contributed by atoms with Gasteiger partial charge in [-0.15, -0.1) is 0 Å². The van der Waals surface area contributed by atoms with Gasteiger partial charge in [-0.3, -0.25) is 4.57 Å². The maximum absolute atomic E-state index is 8.61. The number of hydrogen-bond donors (Lipinski definition) is 0.